The minimum absolute atomic E-state index is 0.154. The van der Waals surface area contributed by atoms with Gasteiger partial charge in [0.25, 0.3) is 5.56 Å². The number of hydrogen-bond acceptors (Lipinski definition) is 3. The van der Waals surface area contributed by atoms with Gasteiger partial charge in [0.2, 0.25) is 0 Å². The van der Waals surface area contributed by atoms with Crippen molar-refractivity contribution >= 4 is 21.6 Å². The van der Waals surface area contributed by atoms with Crippen molar-refractivity contribution in [2.24, 2.45) is 0 Å². The fourth-order valence-electron chi connectivity index (χ4n) is 1.50. The van der Waals surface area contributed by atoms with E-state index in [4.69, 9.17) is 0 Å². The molecule has 4 nitrogen and oxygen atoms in total. The van der Waals surface area contributed by atoms with Gasteiger partial charge in [-0.15, -0.1) is 0 Å². The Morgan fingerprint density at radius 1 is 1.35 bits per heavy atom. The maximum absolute atomic E-state index is 11.8. The molecule has 2 aromatic rings. The number of nitrogens with one attached hydrogen (secondary N) is 1. The monoisotopic (exact) mass is 293 g/mol. The molecule has 0 spiro atoms. The van der Waals surface area contributed by atoms with Crippen molar-refractivity contribution < 1.29 is 0 Å². The minimum atomic E-state index is -0.154. The third kappa shape index (κ3) is 2.39. The second-order valence-corrected chi connectivity index (χ2v) is 4.53. The number of hydrogen-bond donors (Lipinski definition) is 1. The van der Waals surface area contributed by atoms with Gasteiger partial charge in [-0.05, 0) is 30.7 Å². The second-order valence-electron chi connectivity index (χ2n) is 3.68. The largest absolute Gasteiger partial charge is 0.387 e. The van der Waals surface area contributed by atoms with Crippen LogP contribution in [0, 0.1) is 6.92 Å². The van der Waals surface area contributed by atoms with E-state index in [1.165, 1.54) is 10.7 Å². The van der Waals surface area contributed by atoms with Gasteiger partial charge in [-0.2, -0.15) is 9.78 Å². The Bertz CT molecular complexity index is 607. The molecule has 0 aliphatic rings. The highest BCUT2D eigenvalue weighted by molar-refractivity contribution is 9.10. The topological polar surface area (TPSA) is 46.9 Å². The van der Waals surface area contributed by atoms with Gasteiger partial charge in [0.1, 0.15) is 0 Å². The lowest BCUT2D eigenvalue weighted by atomic mass is 10.2. The van der Waals surface area contributed by atoms with Crippen LogP contribution in [0.25, 0.3) is 5.69 Å². The smallest absolute Gasteiger partial charge is 0.273 e. The zero-order chi connectivity index (χ0) is 12.4. The van der Waals surface area contributed by atoms with Crippen LogP contribution < -0.4 is 10.9 Å². The Balaban J connectivity index is 2.53. The van der Waals surface area contributed by atoms with Crippen molar-refractivity contribution in [1.29, 1.82) is 0 Å². The number of rotatable bonds is 2. The number of halogens is 1. The van der Waals surface area contributed by atoms with E-state index in [0.717, 1.165) is 15.7 Å². The molecule has 88 valence electrons. The molecule has 0 saturated carbocycles. The number of benzene rings is 1. The van der Waals surface area contributed by atoms with E-state index in [-0.39, 0.29) is 5.56 Å². The molecule has 1 aromatic heterocycles. The standard InChI is InChI=1S/C12H12BrN3O/c1-8-5-10(3-4-11(8)13)16-12(17)6-9(14-2)7-15-16/h3-7,14H,1-2H3. The summed E-state index contributed by atoms with van der Waals surface area (Å²) in [7, 11) is 1.75. The third-order valence-electron chi connectivity index (χ3n) is 2.47. The van der Waals surface area contributed by atoms with Gasteiger partial charge in [0.15, 0.2) is 0 Å². The van der Waals surface area contributed by atoms with Gasteiger partial charge in [0, 0.05) is 17.6 Å². The Labute approximate surface area is 107 Å². The fraction of sp³-hybridized carbons (Fsp3) is 0.167. The van der Waals surface area contributed by atoms with Gasteiger partial charge in [-0.3, -0.25) is 4.79 Å². The van der Waals surface area contributed by atoms with Gasteiger partial charge in [-0.1, -0.05) is 15.9 Å². The number of aryl methyl sites for hydroxylation is 1. The van der Waals surface area contributed by atoms with Gasteiger partial charge >= 0.3 is 0 Å². The van der Waals surface area contributed by atoms with Gasteiger partial charge in [0.05, 0.1) is 17.6 Å². The van der Waals surface area contributed by atoms with Crippen LogP contribution in [0.1, 0.15) is 5.56 Å². The van der Waals surface area contributed by atoms with Crippen molar-refractivity contribution in [1.82, 2.24) is 9.78 Å². The molecular weight excluding hydrogens is 282 g/mol. The summed E-state index contributed by atoms with van der Waals surface area (Å²) in [5.41, 5.74) is 2.38. The van der Waals surface area contributed by atoms with E-state index in [0.29, 0.717) is 5.69 Å². The minimum Gasteiger partial charge on any atom is -0.387 e. The average Bonchev–Trinajstić information content (AvgIpc) is 2.32. The van der Waals surface area contributed by atoms with Crippen molar-refractivity contribution in [3.05, 3.63) is 50.9 Å². The third-order valence-corrected chi connectivity index (χ3v) is 3.36. The van der Waals surface area contributed by atoms with Crippen LogP contribution in [0.3, 0.4) is 0 Å². The molecule has 0 atom stereocenters. The molecule has 0 unspecified atom stereocenters. The summed E-state index contributed by atoms with van der Waals surface area (Å²) in [6.07, 6.45) is 1.62. The molecule has 1 heterocycles. The molecule has 0 saturated heterocycles. The van der Waals surface area contributed by atoms with Gasteiger partial charge < -0.3 is 5.32 Å². The normalized spacial score (nSPS) is 10.3. The second kappa shape index (κ2) is 4.71. The number of aromatic nitrogens is 2. The van der Waals surface area contributed by atoms with Crippen molar-refractivity contribution in [3.63, 3.8) is 0 Å². The van der Waals surface area contributed by atoms with Crippen LogP contribution in [-0.4, -0.2) is 16.8 Å². The Morgan fingerprint density at radius 2 is 2.12 bits per heavy atom. The van der Waals surface area contributed by atoms with Crippen LogP contribution in [0.2, 0.25) is 0 Å². The summed E-state index contributed by atoms with van der Waals surface area (Å²) < 4.78 is 2.39. The number of anilines is 1. The fourth-order valence-corrected chi connectivity index (χ4v) is 1.75. The van der Waals surface area contributed by atoms with Crippen molar-refractivity contribution in [2.45, 2.75) is 6.92 Å². The molecule has 0 aliphatic carbocycles. The Kier molecular flexibility index (Phi) is 3.28. The molecule has 0 aliphatic heterocycles. The van der Waals surface area contributed by atoms with E-state index < -0.39 is 0 Å². The first kappa shape index (κ1) is 11.9. The average molecular weight is 294 g/mol. The van der Waals surface area contributed by atoms with Crippen LogP contribution in [0.15, 0.2) is 39.7 Å². The lowest BCUT2D eigenvalue weighted by Crippen LogP contribution is -2.20. The highest BCUT2D eigenvalue weighted by Crippen LogP contribution is 2.18. The predicted molar refractivity (Wildman–Crippen MR) is 71.8 cm³/mol. The molecule has 0 radical (unpaired) electrons. The molecule has 0 amide bonds. The van der Waals surface area contributed by atoms with Crippen LogP contribution in [0.4, 0.5) is 5.69 Å². The van der Waals surface area contributed by atoms with E-state index in [9.17, 15) is 4.79 Å². The Hall–Kier alpha value is -1.62. The molecular formula is C12H12BrN3O. The van der Waals surface area contributed by atoms with Crippen LogP contribution in [-0.2, 0) is 0 Å². The van der Waals surface area contributed by atoms with E-state index >= 15 is 0 Å². The van der Waals surface area contributed by atoms with E-state index in [2.05, 4.69) is 26.3 Å². The Morgan fingerprint density at radius 3 is 2.71 bits per heavy atom. The molecule has 0 fully saturated rings. The number of nitrogens with zero attached hydrogens (tertiary/aromatic N) is 2. The molecule has 2 rings (SSSR count). The highest BCUT2D eigenvalue weighted by atomic mass is 79.9. The molecule has 17 heavy (non-hydrogen) atoms. The van der Waals surface area contributed by atoms with Crippen molar-refractivity contribution in [2.75, 3.05) is 12.4 Å². The first-order valence-electron chi connectivity index (χ1n) is 5.15. The van der Waals surface area contributed by atoms with E-state index in [1.807, 2.05) is 25.1 Å². The summed E-state index contributed by atoms with van der Waals surface area (Å²) in [6, 6.07) is 7.19. The first-order chi connectivity index (χ1) is 8.11. The zero-order valence-electron chi connectivity index (χ0n) is 9.57. The maximum Gasteiger partial charge on any atom is 0.273 e. The molecule has 1 N–H and O–H groups in total. The quantitative estimate of drug-likeness (QED) is 0.925. The van der Waals surface area contributed by atoms with Gasteiger partial charge in [-0.25, -0.2) is 0 Å². The molecule has 5 heteroatoms. The van der Waals surface area contributed by atoms with Crippen molar-refractivity contribution in [3.8, 4) is 5.69 Å². The van der Waals surface area contributed by atoms with E-state index in [1.54, 1.807) is 13.2 Å². The first-order valence-corrected chi connectivity index (χ1v) is 5.95. The summed E-state index contributed by atoms with van der Waals surface area (Å²) in [5, 5.41) is 7.00. The zero-order valence-corrected chi connectivity index (χ0v) is 11.2. The highest BCUT2D eigenvalue weighted by Gasteiger charge is 2.03. The lowest BCUT2D eigenvalue weighted by Gasteiger charge is -2.07. The SMILES string of the molecule is CNc1cnn(-c2ccc(Br)c(C)c2)c(=O)c1. The molecule has 1 aromatic carbocycles. The van der Waals surface area contributed by atoms with Crippen LogP contribution in [0.5, 0.6) is 0 Å². The maximum atomic E-state index is 11.8. The summed E-state index contributed by atoms with van der Waals surface area (Å²) in [6.45, 7) is 1.97. The summed E-state index contributed by atoms with van der Waals surface area (Å²) in [5.74, 6) is 0. The van der Waals surface area contributed by atoms with Crippen LogP contribution >= 0.6 is 15.9 Å². The predicted octanol–water partition coefficient (Wildman–Crippen LogP) is 2.35. The lowest BCUT2D eigenvalue weighted by molar-refractivity contribution is 0.807. The summed E-state index contributed by atoms with van der Waals surface area (Å²) >= 11 is 3.43. The molecule has 0 bridgehead atoms. The summed E-state index contributed by atoms with van der Waals surface area (Å²) in [4.78, 5) is 11.8.